The van der Waals surface area contributed by atoms with Crippen LogP contribution in [0.15, 0.2) is 16.6 Å². The molecule has 3 heteroatoms. The third kappa shape index (κ3) is 1.99. The first-order valence-corrected chi connectivity index (χ1v) is 5.34. The quantitative estimate of drug-likeness (QED) is 0.721. The van der Waals surface area contributed by atoms with Gasteiger partial charge in [-0.1, -0.05) is 6.07 Å². The summed E-state index contributed by atoms with van der Waals surface area (Å²) in [6.45, 7) is 2.04. The van der Waals surface area contributed by atoms with Crippen molar-refractivity contribution in [2.45, 2.75) is 13.3 Å². The van der Waals surface area contributed by atoms with Gasteiger partial charge in [0.1, 0.15) is 0 Å². The van der Waals surface area contributed by atoms with Gasteiger partial charge >= 0.3 is 0 Å². The van der Waals surface area contributed by atoms with Gasteiger partial charge < -0.3 is 0 Å². The van der Waals surface area contributed by atoms with Gasteiger partial charge in [-0.2, -0.15) is 5.26 Å². The Hall–Kier alpha value is -0.0800. The molecule has 1 aromatic rings. The lowest BCUT2D eigenvalue weighted by Crippen LogP contribution is -1.91. The van der Waals surface area contributed by atoms with Crippen molar-refractivity contribution in [2.75, 3.05) is 0 Å². The summed E-state index contributed by atoms with van der Waals surface area (Å²) in [4.78, 5) is 0. The highest BCUT2D eigenvalue weighted by atomic mass is 127. The lowest BCUT2D eigenvalue weighted by molar-refractivity contribution is 1.19. The number of nitrogens with zero attached hydrogens (tertiary/aromatic N) is 1. The summed E-state index contributed by atoms with van der Waals surface area (Å²) in [7, 11) is 0. The van der Waals surface area contributed by atoms with Gasteiger partial charge in [0, 0.05) is 8.04 Å². The maximum absolute atomic E-state index is 8.54. The lowest BCUT2D eigenvalue weighted by atomic mass is 10.1. The molecule has 0 saturated carbocycles. The third-order valence-corrected chi connectivity index (χ3v) is 4.51. The lowest BCUT2D eigenvalue weighted by Gasteiger charge is -2.05. The zero-order valence-electron chi connectivity index (χ0n) is 6.56. The topological polar surface area (TPSA) is 23.8 Å². The van der Waals surface area contributed by atoms with E-state index in [9.17, 15) is 0 Å². The van der Waals surface area contributed by atoms with Gasteiger partial charge in [0.15, 0.2) is 0 Å². The van der Waals surface area contributed by atoms with Crippen molar-refractivity contribution in [1.82, 2.24) is 0 Å². The molecule has 1 nitrogen and oxygen atoms in total. The van der Waals surface area contributed by atoms with E-state index >= 15 is 0 Å². The molecule has 0 unspecified atom stereocenters. The molecule has 0 radical (unpaired) electrons. The first kappa shape index (κ1) is 10.0. The van der Waals surface area contributed by atoms with Crippen molar-refractivity contribution >= 4 is 38.5 Å². The second-order valence-corrected chi connectivity index (χ2v) is 4.41. The maximum Gasteiger partial charge on any atom is 0.0669 e. The van der Waals surface area contributed by atoms with E-state index in [2.05, 4.69) is 44.6 Å². The Morgan fingerprint density at radius 2 is 2.25 bits per heavy atom. The molecule has 0 heterocycles. The number of rotatable bonds is 1. The van der Waals surface area contributed by atoms with Crippen LogP contribution >= 0.6 is 38.5 Å². The van der Waals surface area contributed by atoms with Gasteiger partial charge in [-0.3, -0.25) is 0 Å². The highest BCUT2D eigenvalue weighted by molar-refractivity contribution is 14.1. The van der Waals surface area contributed by atoms with Crippen LogP contribution in [-0.4, -0.2) is 0 Å². The van der Waals surface area contributed by atoms with Crippen molar-refractivity contribution in [3.63, 3.8) is 0 Å². The van der Waals surface area contributed by atoms with Crippen molar-refractivity contribution in [1.29, 1.82) is 5.26 Å². The minimum Gasteiger partial charge on any atom is -0.198 e. The average molecular weight is 336 g/mol. The molecule has 0 amide bonds. The molecule has 0 fully saturated rings. The van der Waals surface area contributed by atoms with E-state index < -0.39 is 0 Å². The zero-order valence-corrected chi connectivity index (χ0v) is 10.3. The SMILES string of the molecule is Cc1c(CC#N)ccc(Br)c1I. The first-order valence-electron chi connectivity index (χ1n) is 3.47. The van der Waals surface area contributed by atoms with E-state index in [-0.39, 0.29) is 0 Å². The van der Waals surface area contributed by atoms with Crippen LogP contribution in [0.3, 0.4) is 0 Å². The molecule has 1 rings (SSSR count). The standard InChI is InChI=1S/C9H7BrIN/c1-6-7(4-5-12)2-3-8(10)9(6)11/h2-3H,4H2,1H3. The molecule has 12 heavy (non-hydrogen) atoms. The molecule has 0 bridgehead atoms. The third-order valence-electron chi connectivity index (χ3n) is 1.72. The van der Waals surface area contributed by atoms with E-state index in [1.165, 1.54) is 9.13 Å². The summed E-state index contributed by atoms with van der Waals surface area (Å²) in [5.74, 6) is 0. The molecule has 0 aliphatic rings. The van der Waals surface area contributed by atoms with E-state index in [1.807, 2.05) is 19.1 Å². The summed E-state index contributed by atoms with van der Waals surface area (Å²) in [6.07, 6.45) is 0.495. The Morgan fingerprint density at radius 1 is 1.58 bits per heavy atom. The highest BCUT2D eigenvalue weighted by Crippen LogP contribution is 2.25. The molecular formula is C9H7BrIN. The van der Waals surface area contributed by atoms with Crippen molar-refractivity contribution < 1.29 is 0 Å². The molecule has 1 aromatic carbocycles. The Morgan fingerprint density at radius 3 is 2.83 bits per heavy atom. The summed E-state index contributed by atoms with van der Waals surface area (Å²) >= 11 is 5.72. The summed E-state index contributed by atoms with van der Waals surface area (Å²) < 4.78 is 2.29. The van der Waals surface area contributed by atoms with Gasteiger partial charge in [-0.05, 0) is 62.6 Å². The number of hydrogen-bond acceptors (Lipinski definition) is 1. The largest absolute Gasteiger partial charge is 0.198 e. The van der Waals surface area contributed by atoms with Gasteiger partial charge in [-0.15, -0.1) is 0 Å². The first-order chi connectivity index (χ1) is 5.66. The van der Waals surface area contributed by atoms with Crippen LogP contribution in [0, 0.1) is 21.8 Å². The summed E-state index contributed by atoms with van der Waals surface area (Å²) in [5, 5.41) is 8.54. The van der Waals surface area contributed by atoms with Crippen molar-refractivity contribution in [3.8, 4) is 6.07 Å². The molecule has 0 aliphatic carbocycles. The van der Waals surface area contributed by atoms with E-state index in [0.717, 1.165) is 10.0 Å². The van der Waals surface area contributed by atoms with Gasteiger partial charge in [0.25, 0.3) is 0 Å². The minimum atomic E-state index is 0.495. The van der Waals surface area contributed by atoms with Gasteiger partial charge in [0.2, 0.25) is 0 Å². The van der Waals surface area contributed by atoms with Crippen molar-refractivity contribution in [3.05, 3.63) is 31.3 Å². The molecular weight excluding hydrogens is 329 g/mol. The molecule has 0 aliphatic heterocycles. The predicted octanol–water partition coefficient (Wildman–Crippen LogP) is 3.43. The fourth-order valence-corrected chi connectivity index (χ4v) is 1.92. The smallest absolute Gasteiger partial charge is 0.0669 e. The molecule has 0 saturated heterocycles. The average Bonchev–Trinajstić information content (AvgIpc) is 2.07. The highest BCUT2D eigenvalue weighted by Gasteiger charge is 2.04. The van der Waals surface area contributed by atoms with Crippen LogP contribution in [0.5, 0.6) is 0 Å². The fraction of sp³-hybridized carbons (Fsp3) is 0.222. The van der Waals surface area contributed by atoms with E-state index in [1.54, 1.807) is 0 Å². The zero-order chi connectivity index (χ0) is 9.14. The normalized spacial score (nSPS) is 9.50. The van der Waals surface area contributed by atoms with Crippen LogP contribution in [-0.2, 0) is 6.42 Å². The van der Waals surface area contributed by atoms with Crippen LogP contribution in [0.25, 0.3) is 0 Å². The van der Waals surface area contributed by atoms with Crippen molar-refractivity contribution in [2.24, 2.45) is 0 Å². The second kappa shape index (κ2) is 4.24. The van der Waals surface area contributed by atoms with Crippen LogP contribution in [0.1, 0.15) is 11.1 Å². The number of nitriles is 1. The monoisotopic (exact) mass is 335 g/mol. The minimum absolute atomic E-state index is 0.495. The molecule has 62 valence electrons. The van der Waals surface area contributed by atoms with E-state index in [4.69, 9.17) is 5.26 Å². The fourth-order valence-electron chi connectivity index (χ4n) is 0.969. The van der Waals surface area contributed by atoms with E-state index in [0.29, 0.717) is 6.42 Å². The molecule has 0 N–H and O–H groups in total. The Bertz CT molecular complexity index is 341. The van der Waals surface area contributed by atoms with Gasteiger partial charge in [-0.25, -0.2) is 0 Å². The van der Waals surface area contributed by atoms with Crippen LogP contribution in [0.2, 0.25) is 0 Å². The molecule has 0 atom stereocenters. The Labute approximate surface area is 94.0 Å². The van der Waals surface area contributed by atoms with Crippen LogP contribution < -0.4 is 0 Å². The van der Waals surface area contributed by atoms with Crippen LogP contribution in [0.4, 0.5) is 0 Å². The van der Waals surface area contributed by atoms with Gasteiger partial charge in [0.05, 0.1) is 12.5 Å². The molecule has 0 aromatic heterocycles. The Kier molecular flexibility index (Phi) is 3.53. The number of benzene rings is 1. The summed E-state index contributed by atoms with van der Waals surface area (Å²) in [6, 6.07) is 6.13. The predicted molar refractivity (Wildman–Crippen MR) is 60.9 cm³/mol. The maximum atomic E-state index is 8.54. The number of halogens is 2. The second-order valence-electron chi connectivity index (χ2n) is 2.48. The molecule has 0 spiro atoms. The number of hydrogen-bond donors (Lipinski definition) is 0. The Balaban J connectivity index is 3.19. The summed E-state index contributed by atoms with van der Waals surface area (Å²) in [5.41, 5.74) is 2.32.